The van der Waals surface area contributed by atoms with E-state index in [1.54, 1.807) is 48.5 Å². The minimum absolute atomic E-state index is 0.0218. The molecule has 8 heteroatoms. The van der Waals surface area contributed by atoms with Crippen molar-refractivity contribution >= 4 is 28.5 Å². The maximum Gasteiger partial charge on any atom is 0.289 e. The number of ketones is 1. The van der Waals surface area contributed by atoms with Crippen LogP contribution in [0.3, 0.4) is 0 Å². The van der Waals surface area contributed by atoms with E-state index in [1.165, 1.54) is 31.2 Å². The van der Waals surface area contributed by atoms with Crippen molar-refractivity contribution in [1.82, 2.24) is 15.6 Å². The van der Waals surface area contributed by atoms with Gasteiger partial charge in [0.1, 0.15) is 17.6 Å². The molecule has 182 valence electrons. The fourth-order valence-electron chi connectivity index (χ4n) is 3.88. The van der Waals surface area contributed by atoms with Gasteiger partial charge in [0.05, 0.1) is 0 Å². The Morgan fingerprint density at radius 2 is 1.56 bits per heavy atom. The molecule has 4 aromatic rings. The first-order chi connectivity index (χ1) is 17.3. The van der Waals surface area contributed by atoms with E-state index < -0.39 is 29.5 Å². The predicted octanol–water partition coefficient (Wildman–Crippen LogP) is 3.20. The highest BCUT2D eigenvalue weighted by Gasteiger charge is 2.28. The van der Waals surface area contributed by atoms with Crippen LogP contribution in [0.25, 0.3) is 10.9 Å². The summed E-state index contributed by atoms with van der Waals surface area (Å²) in [5.74, 6) is -2.80. The number of hydrogen-bond acceptors (Lipinski definition) is 4. The number of rotatable bonds is 8. The molecule has 7 nitrogen and oxygen atoms in total. The summed E-state index contributed by atoms with van der Waals surface area (Å²) in [5.41, 5.74) is 1.78. The predicted molar refractivity (Wildman–Crippen MR) is 134 cm³/mol. The first-order valence-corrected chi connectivity index (χ1v) is 11.4. The van der Waals surface area contributed by atoms with Crippen molar-refractivity contribution in [1.29, 1.82) is 0 Å². The lowest BCUT2D eigenvalue weighted by Crippen LogP contribution is -2.49. The maximum atomic E-state index is 13.2. The molecule has 0 saturated carbocycles. The Morgan fingerprint density at radius 3 is 2.28 bits per heavy atom. The SMILES string of the molecule is Cc1c(C(=O)N[C@@H](Cc2ccccc2)C(=O)C(=O)NCc2ccc(F)cc2)[nH]c2ccccc2c1=O. The minimum atomic E-state index is -1.18. The quantitative estimate of drug-likeness (QED) is 0.333. The fraction of sp³-hybridized carbons (Fsp3) is 0.143. The van der Waals surface area contributed by atoms with E-state index in [9.17, 15) is 23.6 Å². The van der Waals surface area contributed by atoms with Crippen molar-refractivity contribution in [3.63, 3.8) is 0 Å². The maximum absolute atomic E-state index is 13.2. The molecule has 0 unspecified atom stereocenters. The number of aromatic amines is 1. The van der Waals surface area contributed by atoms with Gasteiger partial charge in [-0.3, -0.25) is 19.2 Å². The van der Waals surface area contributed by atoms with E-state index in [4.69, 9.17) is 0 Å². The number of para-hydroxylation sites is 1. The molecule has 0 fully saturated rings. The Bertz CT molecular complexity index is 1480. The van der Waals surface area contributed by atoms with Crippen LogP contribution < -0.4 is 16.1 Å². The first kappa shape index (κ1) is 24.5. The molecule has 36 heavy (non-hydrogen) atoms. The molecule has 3 N–H and O–H groups in total. The summed E-state index contributed by atoms with van der Waals surface area (Å²) in [7, 11) is 0. The van der Waals surface area contributed by atoms with E-state index in [2.05, 4.69) is 15.6 Å². The van der Waals surface area contributed by atoms with Gasteiger partial charge in [0.2, 0.25) is 5.78 Å². The number of H-pyrrole nitrogens is 1. The third kappa shape index (κ3) is 5.55. The number of carbonyl (C=O) groups excluding carboxylic acids is 3. The molecule has 0 aliphatic carbocycles. The van der Waals surface area contributed by atoms with Crippen LogP contribution in [0.15, 0.2) is 83.7 Å². The Kier molecular flexibility index (Phi) is 7.34. The van der Waals surface area contributed by atoms with E-state index in [0.29, 0.717) is 16.5 Å². The van der Waals surface area contributed by atoms with E-state index in [-0.39, 0.29) is 29.7 Å². The number of carbonyl (C=O) groups is 3. The molecule has 1 heterocycles. The fourth-order valence-corrected chi connectivity index (χ4v) is 3.88. The lowest BCUT2D eigenvalue weighted by molar-refractivity contribution is -0.139. The number of halogens is 1. The van der Waals surface area contributed by atoms with Gasteiger partial charge >= 0.3 is 0 Å². The molecule has 0 bridgehead atoms. The van der Waals surface area contributed by atoms with Gasteiger partial charge in [-0.15, -0.1) is 0 Å². The number of amides is 2. The average Bonchev–Trinajstić information content (AvgIpc) is 2.90. The molecule has 1 aromatic heterocycles. The number of pyridine rings is 1. The zero-order valence-corrected chi connectivity index (χ0v) is 19.5. The van der Waals surface area contributed by atoms with Crippen LogP contribution in [0, 0.1) is 12.7 Å². The lowest BCUT2D eigenvalue weighted by Gasteiger charge is -2.18. The standard InChI is InChI=1S/C28H24FN3O4/c1-17-24(31-22-10-6-5-9-21(22)25(17)33)27(35)32-23(15-18-7-3-2-4-8-18)26(34)28(36)30-16-19-11-13-20(29)14-12-19/h2-14,23H,15-16H2,1H3,(H,30,36)(H,31,33)(H,32,35)/t23-/m0/s1. The molecule has 3 aromatic carbocycles. The Hall–Kier alpha value is -4.59. The second kappa shape index (κ2) is 10.8. The molecule has 0 radical (unpaired) electrons. The summed E-state index contributed by atoms with van der Waals surface area (Å²) in [5, 5.41) is 5.60. The van der Waals surface area contributed by atoms with E-state index in [1.807, 2.05) is 6.07 Å². The van der Waals surface area contributed by atoms with Gasteiger partial charge in [-0.05, 0) is 42.3 Å². The zero-order valence-electron chi connectivity index (χ0n) is 19.5. The van der Waals surface area contributed by atoms with Crippen molar-refractivity contribution in [2.75, 3.05) is 0 Å². The van der Waals surface area contributed by atoms with Gasteiger partial charge < -0.3 is 15.6 Å². The smallest absolute Gasteiger partial charge is 0.289 e. The number of aromatic nitrogens is 1. The number of hydrogen-bond donors (Lipinski definition) is 3. The van der Waals surface area contributed by atoms with Gasteiger partial charge in [0.25, 0.3) is 11.8 Å². The number of benzene rings is 3. The zero-order chi connectivity index (χ0) is 25.7. The molecular weight excluding hydrogens is 461 g/mol. The Labute approximate surface area is 206 Å². The molecule has 0 aliphatic rings. The van der Waals surface area contributed by atoms with E-state index >= 15 is 0 Å². The van der Waals surface area contributed by atoms with Crippen molar-refractivity contribution in [2.45, 2.75) is 25.9 Å². The number of Topliss-reactive ketones (excluding diaryl/α,β-unsaturated/α-hetero) is 1. The summed E-state index contributed by atoms with van der Waals surface area (Å²) >= 11 is 0. The summed E-state index contributed by atoms with van der Waals surface area (Å²) in [4.78, 5) is 54.7. The Morgan fingerprint density at radius 1 is 0.889 bits per heavy atom. The summed E-state index contributed by atoms with van der Waals surface area (Å²) < 4.78 is 13.1. The molecule has 2 amide bonds. The van der Waals surface area contributed by atoms with E-state index in [0.717, 1.165) is 5.56 Å². The third-order valence-electron chi connectivity index (χ3n) is 5.87. The van der Waals surface area contributed by atoms with Gasteiger partial charge in [-0.25, -0.2) is 4.39 Å². The minimum Gasteiger partial charge on any atom is -0.350 e. The summed E-state index contributed by atoms with van der Waals surface area (Å²) in [6.07, 6.45) is 0.0756. The lowest BCUT2D eigenvalue weighted by atomic mass is 10.0. The van der Waals surface area contributed by atoms with Crippen molar-refractivity contribution in [3.05, 3.63) is 117 Å². The highest BCUT2D eigenvalue weighted by molar-refractivity contribution is 6.38. The summed E-state index contributed by atoms with van der Waals surface area (Å²) in [6, 6.07) is 20.1. The topological polar surface area (TPSA) is 108 Å². The van der Waals surface area contributed by atoms with Crippen LogP contribution >= 0.6 is 0 Å². The largest absolute Gasteiger partial charge is 0.350 e. The van der Waals surface area contributed by atoms with Crippen molar-refractivity contribution in [2.24, 2.45) is 0 Å². The second-order valence-electron chi connectivity index (χ2n) is 8.39. The molecule has 0 aliphatic heterocycles. The van der Waals surface area contributed by atoms with Gasteiger partial charge in [0.15, 0.2) is 5.43 Å². The van der Waals surface area contributed by atoms with Crippen LogP contribution in [0.4, 0.5) is 4.39 Å². The molecule has 4 rings (SSSR count). The van der Waals surface area contributed by atoms with Crippen molar-refractivity contribution in [3.8, 4) is 0 Å². The Balaban J connectivity index is 1.57. The number of fused-ring (bicyclic) bond motifs is 1. The number of nitrogens with one attached hydrogen (secondary N) is 3. The molecule has 0 saturated heterocycles. The monoisotopic (exact) mass is 485 g/mol. The van der Waals surface area contributed by atoms with Gasteiger partial charge in [0, 0.05) is 29.4 Å². The normalized spacial score (nSPS) is 11.6. The molecule has 0 spiro atoms. The highest BCUT2D eigenvalue weighted by Crippen LogP contribution is 2.12. The molecular formula is C28H24FN3O4. The third-order valence-corrected chi connectivity index (χ3v) is 5.87. The van der Waals surface area contributed by atoms with Crippen LogP contribution in [0.2, 0.25) is 0 Å². The van der Waals surface area contributed by atoms with Gasteiger partial charge in [-0.2, -0.15) is 0 Å². The van der Waals surface area contributed by atoms with Gasteiger partial charge in [-0.1, -0.05) is 54.6 Å². The first-order valence-electron chi connectivity index (χ1n) is 11.4. The highest BCUT2D eigenvalue weighted by atomic mass is 19.1. The van der Waals surface area contributed by atoms with Crippen LogP contribution in [0.5, 0.6) is 0 Å². The van der Waals surface area contributed by atoms with Crippen LogP contribution in [-0.4, -0.2) is 28.6 Å². The van der Waals surface area contributed by atoms with Crippen LogP contribution in [-0.2, 0) is 22.6 Å². The summed E-state index contributed by atoms with van der Waals surface area (Å²) in [6.45, 7) is 1.55. The average molecular weight is 486 g/mol. The second-order valence-corrected chi connectivity index (χ2v) is 8.39. The van der Waals surface area contributed by atoms with Crippen molar-refractivity contribution < 1.29 is 18.8 Å². The molecule has 1 atom stereocenters. The van der Waals surface area contributed by atoms with Crippen LogP contribution in [0.1, 0.15) is 27.2 Å².